The molecule has 2 N–H and O–H groups in total. The number of amides is 2. The minimum absolute atomic E-state index is 0.0305. The SMILES string of the molecule is O=C1CC(C(=O)N2CCC(c3c[nH]c4ccccc34)(c3c[nH]c4ccccc34)CC2)CN1Cc1ccccn1. The number of hydrogen-bond donors (Lipinski definition) is 2. The number of hydrogen-bond acceptors (Lipinski definition) is 3. The van der Waals surface area contributed by atoms with Crippen LogP contribution in [0.5, 0.6) is 0 Å². The molecule has 0 bridgehead atoms. The first-order valence-electron chi connectivity index (χ1n) is 13.7. The molecule has 2 aliphatic rings. The third-order valence-corrected chi connectivity index (χ3v) is 8.78. The molecule has 1 atom stereocenters. The van der Waals surface area contributed by atoms with Gasteiger partial charge in [0.1, 0.15) is 0 Å². The van der Waals surface area contributed by atoms with Crippen LogP contribution in [0.25, 0.3) is 21.8 Å². The van der Waals surface area contributed by atoms with Crippen molar-refractivity contribution in [2.45, 2.75) is 31.2 Å². The van der Waals surface area contributed by atoms with E-state index in [4.69, 9.17) is 0 Å². The van der Waals surface area contributed by atoms with Gasteiger partial charge in [-0.3, -0.25) is 14.6 Å². The average molecular weight is 518 g/mol. The summed E-state index contributed by atoms with van der Waals surface area (Å²) in [5.74, 6) is -0.170. The Morgan fingerprint density at radius 3 is 2.10 bits per heavy atom. The number of fused-ring (bicyclic) bond motifs is 2. The molecule has 0 saturated carbocycles. The van der Waals surface area contributed by atoms with Crippen LogP contribution in [0.4, 0.5) is 0 Å². The summed E-state index contributed by atoms with van der Waals surface area (Å²) in [5, 5.41) is 2.46. The monoisotopic (exact) mass is 517 g/mol. The van der Waals surface area contributed by atoms with Gasteiger partial charge in [0.25, 0.3) is 0 Å². The summed E-state index contributed by atoms with van der Waals surface area (Å²) in [6, 6.07) is 22.6. The second-order valence-electron chi connectivity index (χ2n) is 10.9. The van der Waals surface area contributed by atoms with Crippen molar-refractivity contribution < 1.29 is 9.59 Å². The van der Waals surface area contributed by atoms with Gasteiger partial charge < -0.3 is 19.8 Å². The van der Waals surface area contributed by atoms with Crippen LogP contribution in [0.3, 0.4) is 0 Å². The van der Waals surface area contributed by atoms with Gasteiger partial charge in [-0.05, 0) is 48.2 Å². The highest BCUT2D eigenvalue weighted by atomic mass is 16.2. The summed E-state index contributed by atoms with van der Waals surface area (Å²) in [5.41, 5.74) is 5.44. The first kappa shape index (κ1) is 23.7. The van der Waals surface area contributed by atoms with Gasteiger partial charge in [0.2, 0.25) is 11.8 Å². The number of carbonyl (C=O) groups excluding carboxylic acids is 2. The lowest BCUT2D eigenvalue weighted by Gasteiger charge is -2.43. The average Bonchev–Trinajstić information content (AvgIpc) is 3.71. The minimum atomic E-state index is -0.296. The molecule has 0 spiro atoms. The van der Waals surface area contributed by atoms with Gasteiger partial charge >= 0.3 is 0 Å². The molecule has 7 rings (SSSR count). The van der Waals surface area contributed by atoms with Crippen molar-refractivity contribution in [3.05, 3.63) is 102 Å². The quantitative estimate of drug-likeness (QED) is 0.344. The second kappa shape index (κ2) is 9.42. The van der Waals surface area contributed by atoms with E-state index in [2.05, 4.69) is 75.9 Å². The van der Waals surface area contributed by atoms with Gasteiger partial charge in [0.15, 0.2) is 0 Å². The van der Waals surface area contributed by atoms with E-state index in [0.29, 0.717) is 26.2 Å². The number of nitrogens with zero attached hydrogens (tertiary/aromatic N) is 3. The normalized spacial score (nSPS) is 19.3. The molecule has 0 aliphatic carbocycles. The molecule has 2 aliphatic heterocycles. The molecule has 196 valence electrons. The lowest BCUT2D eigenvalue weighted by Crippen LogP contribution is -2.47. The van der Waals surface area contributed by atoms with Crippen molar-refractivity contribution in [1.29, 1.82) is 0 Å². The summed E-state index contributed by atoms with van der Waals surface area (Å²) in [4.78, 5) is 41.5. The highest BCUT2D eigenvalue weighted by Gasteiger charge is 2.44. The summed E-state index contributed by atoms with van der Waals surface area (Å²) < 4.78 is 0. The molecular formula is C32H31N5O2. The molecule has 7 nitrogen and oxygen atoms in total. The van der Waals surface area contributed by atoms with Crippen LogP contribution < -0.4 is 0 Å². The predicted molar refractivity (Wildman–Crippen MR) is 151 cm³/mol. The largest absolute Gasteiger partial charge is 0.361 e. The third kappa shape index (κ3) is 4.00. The number of pyridine rings is 1. The Hall–Kier alpha value is -4.39. The fourth-order valence-electron chi connectivity index (χ4n) is 6.76. The number of benzene rings is 2. The highest BCUT2D eigenvalue weighted by Crippen LogP contribution is 2.47. The zero-order valence-electron chi connectivity index (χ0n) is 21.8. The second-order valence-corrected chi connectivity index (χ2v) is 10.9. The van der Waals surface area contributed by atoms with Gasteiger partial charge in [-0.2, -0.15) is 0 Å². The van der Waals surface area contributed by atoms with Crippen LogP contribution in [-0.4, -0.2) is 56.2 Å². The Labute approximate surface area is 226 Å². The van der Waals surface area contributed by atoms with Crippen molar-refractivity contribution >= 4 is 33.6 Å². The van der Waals surface area contributed by atoms with Crippen molar-refractivity contribution in [2.24, 2.45) is 5.92 Å². The smallest absolute Gasteiger partial charge is 0.227 e. The predicted octanol–water partition coefficient (Wildman–Crippen LogP) is 5.00. The number of rotatable bonds is 5. The molecule has 2 saturated heterocycles. The van der Waals surface area contributed by atoms with Crippen LogP contribution in [-0.2, 0) is 21.5 Å². The number of aromatic nitrogens is 3. The Balaban J connectivity index is 1.16. The number of piperidine rings is 1. The fraction of sp³-hybridized carbons (Fsp3) is 0.281. The molecule has 39 heavy (non-hydrogen) atoms. The standard InChI is InChI=1S/C32H31N5O2/c38-30-17-22(20-37(30)21-23-7-5-6-14-33-23)31(39)36-15-12-32(13-16-36,26-18-34-28-10-3-1-8-24(26)28)27-19-35-29-11-4-2-9-25(27)29/h1-11,14,18-19,22,34-35H,12-13,15-17,20-21H2. The van der Waals surface area contributed by atoms with Crippen molar-refractivity contribution in [1.82, 2.24) is 24.8 Å². The van der Waals surface area contributed by atoms with Gasteiger partial charge in [0.05, 0.1) is 18.2 Å². The molecule has 7 heteroatoms. The van der Waals surface area contributed by atoms with E-state index < -0.39 is 0 Å². The number of nitrogens with one attached hydrogen (secondary N) is 2. The van der Waals surface area contributed by atoms with Crippen LogP contribution in [0.1, 0.15) is 36.1 Å². The van der Waals surface area contributed by atoms with Gasteiger partial charge in [-0.1, -0.05) is 42.5 Å². The van der Waals surface area contributed by atoms with Gasteiger partial charge in [-0.25, -0.2) is 0 Å². The molecule has 2 fully saturated rings. The first-order valence-corrected chi connectivity index (χ1v) is 13.7. The number of carbonyl (C=O) groups is 2. The van der Waals surface area contributed by atoms with Gasteiger partial charge in [0, 0.05) is 71.9 Å². The maximum Gasteiger partial charge on any atom is 0.227 e. The summed E-state index contributed by atoms with van der Waals surface area (Å²) in [7, 11) is 0. The molecule has 3 aromatic heterocycles. The number of likely N-dealkylation sites (tertiary alicyclic amines) is 2. The van der Waals surface area contributed by atoms with Crippen LogP contribution in [0.15, 0.2) is 85.3 Å². The third-order valence-electron chi connectivity index (χ3n) is 8.78. The fourth-order valence-corrected chi connectivity index (χ4v) is 6.76. The molecule has 5 aromatic rings. The topological polar surface area (TPSA) is 85.1 Å². The summed E-state index contributed by atoms with van der Waals surface area (Å²) in [6.07, 6.45) is 7.98. The molecule has 1 unspecified atom stereocenters. The van der Waals surface area contributed by atoms with E-state index >= 15 is 0 Å². The number of H-pyrrole nitrogens is 2. The van der Waals surface area contributed by atoms with E-state index in [1.807, 2.05) is 23.1 Å². The van der Waals surface area contributed by atoms with E-state index in [0.717, 1.165) is 29.6 Å². The Morgan fingerprint density at radius 2 is 1.49 bits per heavy atom. The van der Waals surface area contributed by atoms with Gasteiger partial charge in [-0.15, -0.1) is 0 Å². The molecular weight excluding hydrogens is 486 g/mol. The van der Waals surface area contributed by atoms with Crippen molar-refractivity contribution in [2.75, 3.05) is 19.6 Å². The molecule has 0 radical (unpaired) electrons. The summed E-state index contributed by atoms with van der Waals surface area (Å²) >= 11 is 0. The molecule has 2 amide bonds. The lowest BCUT2D eigenvalue weighted by molar-refractivity contribution is -0.137. The lowest BCUT2D eigenvalue weighted by atomic mass is 9.67. The van der Waals surface area contributed by atoms with E-state index in [-0.39, 0.29) is 29.6 Å². The first-order chi connectivity index (χ1) is 19.1. The van der Waals surface area contributed by atoms with Crippen molar-refractivity contribution in [3.63, 3.8) is 0 Å². The zero-order chi connectivity index (χ0) is 26.4. The maximum atomic E-state index is 13.7. The maximum absolute atomic E-state index is 13.7. The zero-order valence-corrected chi connectivity index (χ0v) is 21.8. The van der Waals surface area contributed by atoms with E-state index in [1.54, 1.807) is 11.1 Å². The van der Waals surface area contributed by atoms with Crippen LogP contribution >= 0.6 is 0 Å². The van der Waals surface area contributed by atoms with Crippen LogP contribution in [0.2, 0.25) is 0 Å². The minimum Gasteiger partial charge on any atom is -0.361 e. The number of aromatic amines is 2. The van der Waals surface area contributed by atoms with E-state index in [1.165, 1.54) is 21.9 Å². The number of para-hydroxylation sites is 2. The highest BCUT2D eigenvalue weighted by molar-refractivity contribution is 5.91. The Morgan fingerprint density at radius 1 is 0.872 bits per heavy atom. The summed E-state index contributed by atoms with van der Waals surface area (Å²) in [6.45, 7) is 2.22. The Bertz CT molecular complexity index is 1590. The Kier molecular flexibility index (Phi) is 5.72. The van der Waals surface area contributed by atoms with E-state index in [9.17, 15) is 9.59 Å². The van der Waals surface area contributed by atoms with Crippen molar-refractivity contribution in [3.8, 4) is 0 Å². The molecule has 5 heterocycles. The molecule has 2 aromatic carbocycles. The van der Waals surface area contributed by atoms with Crippen LogP contribution in [0, 0.1) is 5.92 Å².